The summed E-state index contributed by atoms with van der Waals surface area (Å²) in [5, 5.41) is 17.1. The number of aliphatic imine (C=N–C) groups is 1. The highest BCUT2D eigenvalue weighted by Gasteiger charge is 2.21. The second-order valence-corrected chi connectivity index (χ2v) is 7.08. The fourth-order valence-corrected chi connectivity index (χ4v) is 2.61. The smallest absolute Gasteiger partial charge is 0.191 e. The summed E-state index contributed by atoms with van der Waals surface area (Å²) >= 11 is 0. The predicted molar refractivity (Wildman–Crippen MR) is 126 cm³/mol. The van der Waals surface area contributed by atoms with Crippen LogP contribution in [0.25, 0.3) is 0 Å². The van der Waals surface area contributed by atoms with E-state index in [0.29, 0.717) is 32.2 Å². The molecule has 0 amide bonds. The lowest BCUT2D eigenvalue weighted by Crippen LogP contribution is -2.50. The van der Waals surface area contributed by atoms with Gasteiger partial charge in [-0.3, -0.25) is 0 Å². The van der Waals surface area contributed by atoms with E-state index in [2.05, 4.69) is 15.6 Å². The van der Waals surface area contributed by atoms with E-state index in [9.17, 15) is 5.11 Å². The lowest BCUT2D eigenvalue weighted by Gasteiger charge is -2.28. The summed E-state index contributed by atoms with van der Waals surface area (Å²) in [5.41, 5.74) is 0.239. The fourth-order valence-electron chi connectivity index (χ4n) is 2.61. The summed E-state index contributed by atoms with van der Waals surface area (Å²) in [6, 6.07) is 7.85. The third kappa shape index (κ3) is 12.4. The first kappa shape index (κ1) is 26.9. The van der Waals surface area contributed by atoms with E-state index in [-0.39, 0.29) is 24.0 Å². The van der Waals surface area contributed by atoms with Gasteiger partial charge in [0, 0.05) is 32.8 Å². The molecule has 0 heterocycles. The Balaban J connectivity index is 0.00000729. The SMILES string of the molecule is CCOCCCNC(=NCc1ccc(OC)cc1)NCC(C)(O)CN(C)C.I. The topological polar surface area (TPSA) is 78.3 Å². The Hall–Kier alpha value is -1.10. The maximum absolute atomic E-state index is 10.5. The first-order valence-corrected chi connectivity index (χ1v) is 9.46. The molecular weight excluding hydrogens is 471 g/mol. The summed E-state index contributed by atoms with van der Waals surface area (Å²) in [4.78, 5) is 6.60. The summed E-state index contributed by atoms with van der Waals surface area (Å²) in [5.74, 6) is 1.51. The number of ether oxygens (including phenoxy) is 2. The van der Waals surface area contributed by atoms with Crippen LogP contribution in [0.2, 0.25) is 0 Å². The molecule has 0 aromatic heterocycles. The number of methoxy groups -OCH3 is 1. The number of halogens is 1. The van der Waals surface area contributed by atoms with E-state index in [4.69, 9.17) is 9.47 Å². The highest BCUT2D eigenvalue weighted by molar-refractivity contribution is 14.0. The van der Waals surface area contributed by atoms with Crippen LogP contribution >= 0.6 is 24.0 Å². The summed E-state index contributed by atoms with van der Waals surface area (Å²) < 4.78 is 10.6. The lowest BCUT2D eigenvalue weighted by molar-refractivity contribution is 0.0377. The molecule has 0 radical (unpaired) electrons. The second-order valence-electron chi connectivity index (χ2n) is 7.08. The van der Waals surface area contributed by atoms with Crippen molar-refractivity contribution in [2.24, 2.45) is 4.99 Å². The average Bonchev–Trinajstić information content (AvgIpc) is 2.62. The van der Waals surface area contributed by atoms with Crippen LogP contribution in [0, 0.1) is 0 Å². The van der Waals surface area contributed by atoms with Gasteiger partial charge in [-0.1, -0.05) is 12.1 Å². The van der Waals surface area contributed by atoms with Crippen LogP contribution in [0.1, 0.15) is 25.8 Å². The largest absolute Gasteiger partial charge is 0.497 e. The number of hydrogen-bond acceptors (Lipinski definition) is 5. The fraction of sp³-hybridized carbons (Fsp3) is 0.650. The predicted octanol–water partition coefficient (Wildman–Crippen LogP) is 2.09. The standard InChI is InChI=1S/C20H36N4O3.HI/c1-6-27-13-7-12-21-19(23-15-20(2,25)16-24(3)4)22-14-17-8-10-18(26-5)11-9-17;/h8-11,25H,6-7,12-16H2,1-5H3,(H2,21,22,23);1H. The molecule has 0 bridgehead atoms. The lowest BCUT2D eigenvalue weighted by atomic mass is 10.1. The van der Waals surface area contributed by atoms with Gasteiger partial charge in [-0.15, -0.1) is 24.0 Å². The van der Waals surface area contributed by atoms with Gasteiger partial charge >= 0.3 is 0 Å². The van der Waals surface area contributed by atoms with Crippen LogP contribution in [-0.4, -0.2) is 75.6 Å². The van der Waals surface area contributed by atoms with Crippen LogP contribution in [0.5, 0.6) is 5.75 Å². The van der Waals surface area contributed by atoms with Crippen LogP contribution in [0.4, 0.5) is 0 Å². The van der Waals surface area contributed by atoms with Crippen molar-refractivity contribution >= 4 is 29.9 Å². The number of guanidine groups is 1. The Kier molecular flexibility index (Phi) is 14.3. The highest BCUT2D eigenvalue weighted by atomic mass is 127. The normalized spacial score (nSPS) is 13.6. The molecule has 0 saturated heterocycles. The Morgan fingerprint density at radius 3 is 2.46 bits per heavy atom. The van der Waals surface area contributed by atoms with Gasteiger partial charge in [0.2, 0.25) is 0 Å². The third-order valence-electron chi connectivity index (χ3n) is 3.83. The monoisotopic (exact) mass is 508 g/mol. The molecule has 162 valence electrons. The number of nitrogens with one attached hydrogen (secondary N) is 2. The number of rotatable bonds is 12. The van der Waals surface area contributed by atoms with Gasteiger partial charge < -0.3 is 30.1 Å². The number of benzene rings is 1. The number of hydrogen-bond donors (Lipinski definition) is 3. The van der Waals surface area contributed by atoms with E-state index in [0.717, 1.165) is 30.9 Å². The molecule has 0 aliphatic carbocycles. The molecule has 1 atom stereocenters. The number of aliphatic hydroxyl groups is 1. The van der Waals surface area contributed by atoms with Gasteiger partial charge in [0.15, 0.2) is 5.96 Å². The van der Waals surface area contributed by atoms with Crippen molar-refractivity contribution in [3.63, 3.8) is 0 Å². The van der Waals surface area contributed by atoms with Crippen molar-refractivity contribution in [3.8, 4) is 5.75 Å². The molecule has 0 aliphatic rings. The Morgan fingerprint density at radius 1 is 1.21 bits per heavy atom. The number of likely N-dealkylation sites (N-methyl/N-ethyl adjacent to an activating group) is 1. The van der Waals surface area contributed by atoms with Crippen molar-refractivity contribution < 1.29 is 14.6 Å². The molecule has 1 aromatic carbocycles. The second kappa shape index (κ2) is 14.8. The molecule has 1 aromatic rings. The van der Waals surface area contributed by atoms with Gasteiger partial charge in [-0.05, 0) is 52.1 Å². The van der Waals surface area contributed by atoms with E-state index in [1.54, 1.807) is 7.11 Å². The molecule has 0 aliphatic heterocycles. The highest BCUT2D eigenvalue weighted by Crippen LogP contribution is 2.11. The molecule has 0 fully saturated rings. The zero-order valence-electron chi connectivity index (χ0n) is 17.8. The minimum Gasteiger partial charge on any atom is -0.497 e. The molecule has 1 rings (SSSR count). The van der Waals surface area contributed by atoms with Crippen LogP contribution in [-0.2, 0) is 11.3 Å². The molecule has 1 unspecified atom stereocenters. The molecule has 28 heavy (non-hydrogen) atoms. The molecule has 8 heteroatoms. The van der Waals surface area contributed by atoms with Gasteiger partial charge in [-0.2, -0.15) is 0 Å². The van der Waals surface area contributed by atoms with Crippen LogP contribution < -0.4 is 15.4 Å². The van der Waals surface area contributed by atoms with E-state index >= 15 is 0 Å². The molecular formula is C20H37IN4O3. The van der Waals surface area contributed by atoms with E-state index in [1.807, 2.05) is 57.1 Å². The zero-order chi connectivity index (χ0) is 20.1. The van der Waals surface area contributed by atoms with Crippen molar-refractivity contribution in [2.75, 3.05) is 54.1 Å². The molecule has 0 saturated carbocycles. The van der Waals surface area contributed by atoms with Crippen LogP contribution in [0.15, 0.2) is 29.3 Å². The van der Waals surface area contributed by atoms with Crippen LogP contribution in [0.3, 0.4) is 0 Å². The zero-order valence-corrected chi connectivity index (χ0v) is 20.2. The quantitative estimate of drug-likeness (QED) is 0.174. The van der Waals surface area contributed by atoms with E-state index < -0.39 is 5.60 Å². The summed E-state index contributed by atoms with van der Waals surface area (Å²) in [6.45, 7) is 7.52. The first-order chi connectivity index (χ1) is 12.9. The number of nitrogens with zero attached hydrogens (tertiary/aromatic N) is 2. The van der Waals surface area contributed by atoms with Gasteiger partial charge in [0.1, 0.15) is 5.75 Å². The molecule has 3 N–H and O–H groups in total. The third-order valence-corrected chi connectivity index (χ3v) is 3.83. The van der Waals surface area contributed by atoms with E-state index in [1.165, 1.54) is 0 Å². The minimum absolute atomic E-state index is 0. The minimum atomic E-state index is -0.850. The van der Waals surface area contributed by atoms with Gasteiger partial charge in [-0.25, -0.2) is 4.99 Å². The Bertz CT molecular complexity index is 551. The van der Waals surface area contributed by atoms with Crippen molar-refractivity contribution in [1.82, 2.24) is 15.5 Å². The first-order valence-electron chi connectivity index (χ1n) is 9.46. The average molecular weight is 508 g/mol. The van der Waals surface area contributed by atoms with Gasteiger partial charge in [0.25, 0.3) is 0 Å². The summed E-state index contributed by atoms with van der Waals surface area (Å²) in [7, 11) is 5.54. The van der Waals surface area contributed by atoms with Crippen molar-refractivity contribution in [1.29, 1.82) is 0 Å². The maximum Gasteiger partial charge on any atom is 0.191 e. The summed E-state index contributed by atoms with van der Waals surface area (Å²) in [6.07, 6.45) is 0.894. The Labute approximate surface area is 186 Å². The maximum atomic E-state index is 10.5. The molecule has 7 nitrogen and oxygen atoms in total. The van der Waals surface area contributed by atoms with Gasteiger partial charge in [0.05, 0.1) is 19.3 Å². The van der Waals surface area contributed by atoms with Crippen molar-refractivity contribution in [3.05, 3.63) is 29.8 Å². The molecule has 0 spiro atoms. The Morgan fingerprint density at radius 2 is 1.89 bits per heavy atom. The van der Waals surface area contributed by atoms with Crippen molar-refractivity contribution in [2.45, 2.75) is 32.4 Å².